The summed E-state index contributed by atoms with van der Waals surface area (Å²) < 4.78 is 38.4. The fourth-order valence-corrected chi connectivity index (χ4v) is 4.25. The molecule has 0 spiro atoms. The smallest absolute Gasteiger partial charge is 0.369 e. The number of carbonyl (C=O) groups excluding carboxylic acids is 3. The van der Waals surface area contributed by atoms with Gasteiger partial charge in [0.15, 0.2) is 0 Å². The van der Waals surface area contributed by atoms with Crippen LogP contribution in [0.1, 0.15) is 44.2 Å². The van der Waals surface area contributed by atoms with Crippen LogP contribution < -0.4 is 16.4 Å². The van der Waals surface area contributed by atoms with E-state index in [1.807, 2.05) is 24.3 Å². The second-order valence-corrected chi connectivity index (χ2v) is 8.12. The number of nitrogens with one attached hydrogen (secondary N) is 2. The van der Waals surface area contributed by atoms with Gasteiger partial charge >= 0.3 is 6.18 Å². The van der Waals surface area contributed by atoms with Crippen molar-refractivity contribution in [3.8, 4) is 11.1 Å². The van der Waals surface area contributed by atoms with Crippen molar-refractivity contribution >= 4 is 23.4 Å². The third-order valence-electron chi connectivity index (χ3n) is 5.82. The van der Waals surface area contributed by atoms with E-state index in [4.69, 9.17) is 5.73 Å². The molecule has 0 aliphatic carbocycles. The Kier molecular flexibility index (Phi) is 7.40. The maximum atomic E-state index is 13.2. The number of anilines is 1. The molecule has 2 aromatic rings. The van der Waals surface area contributed by atoms with Crippen molar-refractivity contribution in [2.24, 2.45) is 17.6 Å². The van der Waals surface area contributed by atoms with Gasteiger partial charge in [-0.15, -0.1) is 0 Å². The lowest BCUT2D eigenvalue weighted by Gasteiger charge is -2.27. The summed E-state index contributed by atoms with van der Waals surface area (Å²) in [6.45, 7) is 1.76. The van der Waals surface area contributed by atoms with Gasteiger partial charge in [-0.1, -0.05) is 55.8 Å². The van der Waals surface area contributed by atoms with E-state index >= 15 is 0 Å². The molecule has 0 bridgehead atoms. The van der Waals surface area contributed by atoms with Gasteiger partial charge in [0.1, 0.15) is 6.04 Å². The summed E-state index contributed by atoms with van der Waals surface area (Å²) in [6.07, 6.45) is -5.68. The molecule has 33 heavy (non-hydrogen) atoms. The van der Waals surface area contributed by atoms with Crippen molar-refractivity contribution in [1.82, 2.24) is 5.32 Å². The normalized spacial score (nSPS) is 17.1. The molecule has 2 aromatic carbocycles. The molecule has 3 rings (SSSR count). The highest BCUT2D eigenvalue weighted by atomic mass is 19.4. The lowest BCUT2D eigenvalue weighted by molar-refractivity contribution is -0.146. The van der Waals surface area contributed by atoms with Crippen molar-refractivity contribution in [2.45, 2.75) is 44.8 Å². The van der Waals surface area contributed by atoms with Gasteiger partial charge in [0.25, 0.3) is 5.91 Å². The van der Waals surface area contributed by atoms with Crippen molar-refractivity contribution in [2.75, 3.05) is 5.32 Å². The van der Waals surface area contributed by atoms with E-state index in [2.05, 4.69) is 10.6 Å². The molecular formula is C24H26F3N3O3. The minimum atomic E-state index is -4.48. The first kappa shape index (κ1) is 24.3. The predicted octanol–water partition coefficient (Wildman–Crippen LogP) is 4.32. The van der Waals surface area contributed by atoms with Crippen LogP contribution >= 0.6 is 0 Å². The number of alkyl halides is 3. The molecule has 4 N–H and O–H groups in total. The Morgan fingerprint density at radius 3 is 2.30 bits per heavy atom. The molecule has 1 aliphatic heterocycles. The van der Waals surface area contributed by atoms with Gasteiger partial charge in [-0.2, -0.15) is 13.2 Å². The lowest BCUT2D eigenvalue weighted by Crippen LogP contribution is -2.44. The van der Waals surface area contributed by atoms with E-state index in [0.717, 1.165) is 11.1 Å². The van der Waals surface area contributed by atoms with Gasteiger partial charge in [-0.3, -0.25) is 14.4 Å². The Morgan fingerprint density at radius 2 is 1.67 bits per heavy atom. The molecule has 0 saturated carbocycles. The third kappa shape index (κ3) is 5.71. The van der Waals surface area contributed by atoms with E-state index in [9.17, 15) is 27.6 Å². The summed E-state index contributed by atoms with van der Waals surface area (Å²) in [5, 5.41) is 5.48. The number of hydrogen-bond acceptors (Lipinski definition) is 3. The summed E-state index contributed by atoms with van der Waals surface area (Å²) in [5.74, 6) is -4.51. The van der Waals surface area contributed by atoms with E-state index < -0.39 is 54.6 Å². The number of primary amides is 1. The summed E-state index contributed by atoms with van der Waals surface area (Å²) >= 11 is 0. The molecule has 1 heterocycles. The number of fused-ring (bicyclic) bond motifs is 3. The minimum Gasteiger partial charge on any atom is -0.369 e. The first-order chi connectivity index (χ1) is 15.6. The van der Waals surface area contributed by atoms with Crippen LogP contribution in [0, 0.1) is 11.8 Å². The van der Waals surface area contributed by atoms with Gasteiger partial charge in [-0.05, 0) is 30.0 Å². The Bertz CT molecular complexity index is 1040. The van der Waals surface area contributed by atoms with Crippen LogP contribution in [0.25, 0.3) is 11.1 Å². The van der Waals surface area contributed by atoms with Crippen LogP contribution in [0.4, 0.5) is 18.9 Å². The number of halogens is 3. The van der Waals surface area contributed by atoms with E-state index in [-0.39, 0.29) is 6.42 Å². The Balaban J connectivity index is 1.92. The van der Waals surface area contributed by atoms with Crippen LogP contribution in [-0.4, -0.2) is 23.9 Å². The van der Waals surface area contributed by atoms with Crippen LogP contribution in [0.5, 0.6) is 0 Å². The Hall–Kier alpha value is -3.36. The Morgan fingerprint density at radius 1 is 1.03 bits per heavy atom. The van der Waals surface area contributed by atoms with Gasteiger partial charge in [0, 0.05) is 29.5 Å². The fraction of sp³-hybridized carbons (Fsp3) is 0.375. The number of carbonyl (C=O) groups is 3. The number of para-hydroxylation sites is 1. The highest BCUT2D eigenvalue weighted by Crippen LogP contribution is 2.37. The van der Waals surface area contributed by atoms with Crippen molar-refractivity contribution in [3.63, 3.8) is 0 Å². The van der Waals surface area contributed by atoms with Crippen molar-refractivity contribution < 1.29 is 27.6 Å². The quantitative estimate of drug-likeness (QED) is 0.546. The average molecular weight is 461 g/mol. The molecule has 1 aliphatic rings. The number of hydrogen-bond donors (Lipinski definition) is 3. The largest absolute Gasteiger partial charge is 0.389 e. The van der Waals surface area contributed by atoms with Crippen LogP contribution in [-0.2, 0) is 14.4 Å². The first-order valence-corrected chi connectivity index (χ1v) is 10.8. The molecule has 6 nitrogen and oxygen atoms in total. The summed E-state index contributed by atoms with van der Waals surface area (Å²) in [4.78, 5) is 38.3. The number of amides is 3. The second-order valence-electron chi connectivity index (χ2n) is 8.12. The molecule has 0 radical (unpaired) electrons. The van der Waals surface area contributed by atoms with Gasteiger partial charge in [0.05, 0.1) is 0 Å². The highest BCUT2D eigenvalue weighted by Gasteiger charge is 2.38. The fourth-order valence-electron chi connectivity index (χ4n) is 4.25. The topological polar surface area (TPSA) is 101 Å². The number of rotatable bonds is 8. The first-order valence-electron chi connectivity index (χ1n) is 10.8. The maximum absolute atomic E-state index is 13.2. The third-order valence-corrected chi connectivity index (χ3v) is 5.82. The van der Waals surface area contributed by atoms with Crippen LogP contribution in [0.3, 0.4) is 0 Å². The SMILES string of the molecule is CCCC(C(=O)N[C@@H]1C(=O)Nc2ccccc2-c2ccccc21)C(CCC(F)(F)F)C(N)=O. The summed E-state index contributed by atoms with van der Waals surface area (Å²) in [7, 11) is 0. The molecule has 9 heteroatoms. The summed E-state index contributed by atoms with van der Waals surface area (Å²) in [6, 6.07) is 13.2. The molecule has 3 amide bonds. The maximum Gasteiger partial charge on any atom is 0.389 e. The predicted molar refractivity (Wildman–Crippen MR) is 118 cm³/mol. The average Bonchev–Trinajstić information content (AvgIpc) is 2.87. The molecule has 0 saturated heterocycles. The number of nitrogens with two attached hydrogens (primary N) is 1. The lowest BCUT2D eigenvalue weighted by atomic mass is 9.83. The van der Waals surface area contributed by atoms with Gasteiger partial charge in [-0.25, -0.2) is 0 Å². The zero-order valence-electron chi connectivity index (χ0n) is 18.1. The molecule has 3 atom stereocenters. The minimum absolute atomic E-state index is 0.160. The van der Waals surface area contributed by atoms with E-state index in [0.29, 0.717) is 17.7 Å². The zero-order valence-corrected chi connectivity index (χ0v) is 18.1. The van der Waals surface area contributed by atoms with Crippen molar-refractivity contribution in [1.29, 1.82) is 0 Å². The molecule has 2 unspecified atom stereocenters. The zero-order chi connectivity index (χ0) is 24.2. The molecule has 176 valence electrons. The molecule has 0 fully saturated rings. The number of benzene rings is 2. The standard InChI is InChI=1S/C24H26F3N3O3/c1-2-7-18(17(21(28)31)12-13-24(25,26)27)22(32)30-20-16-10-4-3-8-14(16)15-9-5-6-11-19(15)29-23(20)33/h3-6,8-11,17-18,20H,2,7,12-13H2,1H3,(H2,28,31)(H,29,33)(H,30,32)/t17?,18?,20-/m0/s1. The van der Waals surface area contributed by atoms with Gasteiger partial charge < -0.3 is 16.4 Å². The van der Waals surface area contributed by atoms with E-state index in [1.54, 1.807) is 31.2 Å². The van der Waals surface area contributed by atoms with Crippen molar-refractivity contribution in [3.05, 3.63) is 54.1 Å². The molecular weight excluding hydrogens is 435 g/mol. The van der Waals surface area contributed by atoms with Gasteiger partial charge in [0.2, 0.25) is 11.8 Å². The van der Waals surface area contributed by atoms with Crippen LogP contribution in [0.15, 0.2) is 48.5 Å². The monoisotopic (exact) mass is 461 g/mol. The van der Waals surface area contributed by atoms with E-state index in [1.165, 1.54) is 0 Å². The highest BCUT2D eigenvalue weighted by molar-refractivity contribution is 6.04. The second kappa shape index (κ2) is 10.1. The molecule has 0 aromatic heterocycles. The Labute approximate surface area is 189 Å². The summed E-state index contributed by atoms with van der Waals surface area (Å²) in [5.41, 5.74) is 8.04. The van der Waals surface area contributed by atoms with Crippen LogP contribution in [0.2, 0.25) is 0 Å².